The molecule has 0 aromatic heterocycles. The maximum atomic E-state index is 5.52. The second kappa shape index (κ2) is 7.28. The van der Waals surface area contributed by atoms with Crippen molar-refractivity contribution >= 4 is 5.69 Å². The van der Waals surface area contributed by atoms with Crippen LogP contribution < -0.4 is 5.32 Å². The third kappa shape index (κ3) is 4.21. The van der Waals surface area contributed by atoms with Crippen molar-refractivity contribution in [1.29, 1.82) is 0 Å². The van der Waals surface area contributed by atoms with Gasteiger partial charge in [-0.1, -0.05) is 12.1 Å². The monoisotopic (exact) mass is 288 g/mol. The lowest BCUT2D eigenvalue weighted by molar-refractivity contribution is 0.0669. The van der Waals surface area contributed by atoms with Crippen LogP contribution in [-0.4, -0.2) is 37.2 Å². The number of anilines is 1. The highest BCUT2D eigenvalue weighted by Gasteiger charge is 2.21. The van der Waals surface area contributed by atoms with Crippen molar-refractivity contribution in [2.75, 3.05) is 25.5 Å². The molecule has 3 heteroatoms. The average Bonchev–Trinajstić information content (AvgIpc) is 3.01. The first-order chi connectivity index (χ1) is 10.3. The first-order valence-corrected chi connectivity index (χ1v) is 8.44. The summed E-state index contributed by atoms with van der Waals surface area (Å²) in [4.78, 5) is 2.56. The van der Waals surface area contributed by atoms with Gasteiger partial charge in [-0.25, -0.2) is 0 Å². The van der Waals surface area contributed by atoms with Gasteiger partial charge >= 0.3 is 0 Å². The standard InChI is InChI=1S/C18H28N2O/c1-21-18-9-5-8-17(13-18)19-16-7-4-6-15(12-16)14-20-10-2-3-11-20/h4,6-7,12,17-19H,2-3,5,8-11,13-14H2,1H3. The first-order valence-electron chi connectivity index (χ1n) is 8.44. The number of benzene rings is 1. The highest BCUT2D eigenvalue weighted by molar-refractivity contribution is 5.46. The van der Waals surface area contributed by atoms with Crippen molar-refractivity contribution in [3.05, 3.63) is 29.8 Å². The molecular weight excluding hydrogens is 260 g/mol. The van der Waals surface area contributed by atoms with E-state index < -0.39 is 0 Å². The van der Waals surface area contributed by atoms with Crippen molar-refractivity contribution in [3.63, 3.8) is 0 Å². The molecule has 2 unspecified atom stereocenters. The summed E-state index contributed by atoms with van der Waals surface area (Å²) in [6.45, 7) is 3.62. The largest absolute Gasteiger partial charge is 0.382 e. The van der Waals surface area contributed by atoms with Gasteiger partial charge < -0.3 is 10.1 Å². The van der Waals surface area contributed by atoms with E-state index in [0.29, 0.717) is 12.1 Å². The van der Waals surface area contributed by atoms with E-state index in [1.54, 1.807) is 0 Å². The fraction of sp³-hybridized carbons (Fsp3) is 0.667. The molecule has 3 nitrogen and oxygen atoms in total. The maximum absolute atomic E-state index is 5.52. The Balaban J connectivity index is 1.57. The van der Waals surface area contributed by atoms with Gasteiger partial charge in [-0.2, -0.15) is 0 Å². The minimum atomic E-state index is 0.434. The SMILES string of the molecule is COC1CCCC(Nc2cccc(CN3CCCC3)c2)C1. The van der Waals surface area contributed by atoms with E-state index in [4.69, 9.17) is 4.74 Å². The third-order valence-corrected chi connectivity index (χ3v) is 4.86. The molecule has 2 atom stereocenters. The van der Waals surface area contributed by atoms with E-state index in [-0.39, 0.29) is 0 Å². The zero-order valence-electron chi connectivity index (χ0n) is 13.2. The van der Waals surface area contributed by atoms with Crippen LogP contribution in [0.1, 0.15) is 44.1 Å². The van der Waals surface area contributed by atoms with E-state index in [1.807, 2.05) is 7.11 Å². The Bertz CT molecular complexity index is 443. The van der Waals surface area contributed by atoms with Gasteiger partial charge in [-0.3, -0.25) is 4.90 Å². The minimum Gasteiger partial charge on any atom is -0.382 e. The minimum absolute atomic E-state index is 0.434. The number of methoxy groups -OCH3 is 1. The predicted octanol–water partition coefficient (Wildman–Crippen LogP) is 3.65. The fourth-order valence-electron chi connectivity index (χ4n) is 3.68. The van der Waals surface area contributed by atoms with Crippen LogP contribution in [-0.2, 0) is 11.3 Å². The van der Waals surface area contributed by atoms with Crippen LogP contribution >= 0.6 is 0 Å². The fourth-order valence-corrected chi connectivity index (χ4v) is 3.68. The van der Waals surface area contributed by atoms with Gasteiger partial charge in [0, 0.05) is 25.4 Å². The number of nitrogens with one attached hydrogen (secondary N) is 1. The van der Waals surface area contributed by atoms with Crippen LogP contribution in [0.15, 0.2) is 24.3 Å². The van der Waals surface area contributed by atoms with Crippen LogP contribution in [0.3, 0.4) is 0 Å². The maximum Gasteiger partial charge on any atom is 0.0590 e. The molecule has 21 heavy (non-hydrogen) atoms. The van der Waals surface area contributed by atoms with Crippen LogP contribution in [0.25, 0.3) is 0 Å². The van der Waals surface area contributed by atoms with Crippen molar-refractivity contribution in [2.24, 2.45) is 0 Å². The Morgan fingerprint density at radius 1 is 1.19 bits per heavy atom. The normalized spacial score (nSPS) is 26.9. The lowest BCUT2D eigenvalue weighted by Gasteiger charge is -2.29. The number of hydrogen-bond donors (Lipinski definition) is 1. The van der Waals surface area contributed by atoms with E-state index in [0.717, 1.165) is 13.0 Å². The molecule has 1 aliphatic carbocycles. The Kier molecular flexibility index (Phi) is 5.15. The number of ether oxygens (including phenoxy) is 1. The van der Waals surface area contributed by atoms with E-state index in [1.165, 1.54) is 56.4 Å². The summed E-state index contributed by atoms with van der Waals surface area (Å²) in [6.07, 6.45) is 8.02. The summed E-state index contributed by atoms with van der Waals surface area (Å²) < 4.78 is 5.52. The zero-order valence-corrected chi connectivity index (χ0v) is 13.2. The molecule has 1 aromatic carbocycles. The molecule has 0 amide bonds. The van der Waals surface area contributed by atoms with Crippen molar-refractivity contribution in [3.8, 4) is 0 Å². The van der Waals surface area contributed by atoms with Gasteiger partial charge in [0.1, 0.15) is 0 Å². The molecule has 116 valence electrons. The van der Waals surface area contributed by atoms with Gasteiger partial charge in [0.25, 0.3) is 0 Å². The summed E-state index contributed by atoms with van der Waals surface area (Å²) in [6, 6.07) is 9.52. The molecule has 1 N–H and O–H groups in total. The molecule has 0 bridgehead atoms. The van der Waals surface area contributed by atoms with Crippen LogP contribution in [0.5, 0.6) is 0 Å². The summed E-state index contributed by atoms with van der Waals surface area (Å²) in [7, 11) is 1.84. The summed E-state index contributed by atoms with van der Waals surface area (Å²) >= 11 is 0. The smallest absolute Gasteiger partial charge is 0.0590 e. The number of nitrogens with zero attached hydrogens (tertiary/aromatic N) is 1. The molecule has 1 saturated heterocycles. The highest BCUT2D eigenvalue weighted by Crippen LogP contribution is 2.24. The third-order valence-electron chi connectivity index (χ3n) is 4.86. The topological polar surface area (TPSA) is 24.5 Å². The Hall–Kier alpha value is -1.06. The number of hydrogen-bond acceptors (Lipinski definition) is 3. The van der Waals surface area contributed by atoms with E-state index in [9.17, 15) is 0 Å². The van der Waals surface area contributed by atoms with Gasteiger partial charge in [0.2, 0.25) is 0 Å². The predicted molar refractivity (Wildman–Crippen MR) is 87.6 cm³/mol. The van der Waals surface area contributed by atoms with Crippen LogP contribution in [0.2, 0.25) is 0 Å². The second-order valence-electron chi connectivity index (χ2n) is 6.55. The molecule has 1 heterocycles. The van der Waals surface area contributed by atoms with Crippen molar-refractivity contribution < 1.29 is 4.74 Å². The number of rotatable bonds is 5. The highest BCUT2D eigenvalue weighted by atomic mass is 16.5. The Labute approximate surface area is 128 Å². The quantitative estimate of drug-likeness (QED) is 0.895. The molecule has 2 fully saturated rings. The molecule has 2 aliphatic rings. The van der Waals surface area contributed by atoms with Crippen LogP contribution in [0.4, 0.5) is 5.69 Å². The van der Waals surface area contributed by atoms with Gasteiger partial charge in [-0.05, 0) is 69.3 Å². The Morgan fingerprint density at radius 3 is 2.86 bits per heavy atom. The van der Waals surface area contributed by atoms with Crippen LogP contribution in [0, 0.1) is 0 Å². The van der Waals surface area contributed by atoms with E-state index in [2.05, 4.69) is 34.5 Å². The lowest BCUT2D eigenvalue weighted by Crippen LogP contribution is -2.31. The molecule has 0 radical (unpaired) electrons. The molecule has 1 aliphatic heterocycles. The zero-order chi connectivity index (χ0) is 14.5. The summed E-state index contributed by atoms with van der Waals surface area (Å²) in [5.41, 5.74) is 2.70. The second-order valence-corrected chi connectivity index (χ2v) is 6.55. The summed E-state index contributed by atoms with van der Waals surface area (Å²) in [5, 5.41) is 3.71. The lowest BCUT2D eigenvalue weighted by atomic mass is 9.92. The van der Waals surface area contributed by atoms with Crippen molar-refractivity contribution in [1.82, 2.24) is 4.90 Å². The van der Waals surface area contributed by atoms with E-state index >= 15 is 0 Å². The van der Waals surface area contributed by atoms with Gasteiger partial charge in [0.15, 0.2) is 0 Å². The molecule has 1 aromatic rings. The average molecular weight is 288 g/mol. The Morgan fingerprint density at radius 2 is 2.05 bits per heavy atom. The van der Waals surface area contributed by atoms with Gasteiger partial charge in [-0.15, -0.1) is 0 Å². The first kappa shape index (κ1) is 14.9. The van der Waals surface area contributed by atoms with Crippen molar-refractivity contribution in [2.45, 2.75) is 57.2 Å². The molecule has 1 saturated carbocycles. The molecule has 0 spiro atoms. The molecular formula is C18H28N2O. The summed E-state index contributed by atoms with van der Waals surface area (Å²) in [5.74, 6) is 0. The molecule has 3 rings (SSSR count). The van der Waals surface area contributed by atoms with Gasteiger partial charge in [0.05, 0.1) is 6.10 Å². The number of likely N-dealkylation sites (tertiary alicyclic amines) is 1.